The van der Waals surface area contributed by atoms with Crippen molar-refractivity contribution >= 4 is 33.9 Å². The summed E-state index contributed by atoms with van der Waals surface area (Å²) < 4.78 is 0. The largest absolute Gasteiger partial charge is 0.377 e. The van der Waals surface area contributed by atoms with Crippen molar-refractivity contribution in [3.63, 3.8) is 0 Å². The van der Waals surface area contributed by atoms with Crippen LogP contribution in [0.4, 0.5) is 11.4 Å². The van der Waals surface area contributed by atoms with E-state index >= 15 is 0 Å². The van der Waals surface area contributed by atoms with Crippen LogP contribution >= 0.6 is 11.6 Å². The highest BCUT2D eigenvalue weighted by atomic mass is 35.5. The van der Waals surface area contributed by atoms with Crippen molar-refractivity contribution in [2.45, 2.75) is 18.0 Å². The van der Waals surface area contributed by atoms with Crippen molar-refractivity contribution in [3.8, 4) is 0 Å². The molecule has 1 aromatic heterocycles. The van der Waals surface area contributed by atoms with Gasteiger partial charge in [-0.25, -0.2) is 0 Å². The lowest BCUT2D eigenvalue weighted by atomic mass is 9.77. The molecule has 5 heteroatoms. The summed E-state index contributed by atoms with van der Waals surface area (Å²) in [6, 6.07) is 21.4. The Balaban J connectivity index is 1.59. The van der Waals surface area contributed by atoms with Gasteiger partial charge < -0.3 is 10.6 Å². The van der Waals surface area contributed by atoms with Gasteiger partial charge in [0.05, 0.1) is 23.8 Å². The van der Waals surface area contributed by atoms with Gasteiger partial charge in [-0.05, 0) is 41.5 Å². The molecule has 6 rings (SSSR count). The topological polar surface area (TPSA) is 52.7 Å². The Kier molecular flexibility index (Phi) is 3.08. The first-order valence-electron chi connectivity index (χ1n) is 9.13. The third-order valence-corrected chi connectivity index (χ3v) is 6.11. The van der Waals surface area contributed by atoms with E-state index in [1.54, 1.807) is 0 Å². The fourth-order valence-electron chi connectivity index (χ4n) is 4.68. The number of H-pyrrole nitrogens is 1. The summed E-state index contributed by atoms with van der Waals surface area (Å²) in [5.41, 5.74) is 7.30. The van der Waals surface area contributed by atoms with Gasteiger partial charge in [-0.1, -0.05) is 41.9 Å². The molecule has 3 N–H and O–H groups in total. The molecule has 3 atom stereocenters. The molecule has 0 radical (unpaired) electrons. The van der Waals surface area contributed by atoms with E-state index in [4.69, 9.17) is 11.6 Å². The lowest BCUT2D eigenvalue weighted by Gasteiger charge is -2.38. The Morgan fingerprint density at radius 2 is 1.63 bits per heavy atom. The number of halogens is 1. The third kappa shape index (κ3) is 2.14. The summed E-state index contributed by atoms with van der Waals surface area (Å²) in [5.74, 6) is 0.281. The quantitative estimate of drug-likeness (QED) is 0.405. The molecule has 0 saturated heterocycles. The lowest BCUT2D eigenvalue weighted by Crippen LogP contribution is -2.30. The Morgan fingerprint density at radius 1 is 0.815 bits per heavy atom. The van der Waals surface area contributed by atoms with E-state index in [-0.39, 0.29) is 18.0 Å². The van der Waals surface area contributed by atoms with E-state index in [1.807, 2.05) is 18.3 Å². The van der Waals surface area contributed by atoms with Crippen LogP contribution in [0.1, 0.15) is 34.7 Å². The molecule has 3 aromatic carbocycles. The van der Waals surface area contributed by atoms with Gasteiger partial charge in [0.2, 0.25) is 0 Å². The van der Waals surface area contributed by atoms with E-state index < -0.39 is 0 Å². The van der Waals surface area contributed by atoms with Gasteiger partial charge >= 0.3 is 0 Å². The van der Waals surface area contributed by atoms with E-state index in [0.717, 1.165) is 21.6 Å². The highest BCUT2D eigenvalue weighted by Crippen LogP contribution is 2.56. The second kappa shape index (κ2) is 5.51. The van der Waals surface area contributed by atoms with E-state index in [1.165, 1.54) is 22.4 Å². The standard InChI is InChI=1S/C22H17ClN4/c23-14-8-5-12(6-9-14)20-18-15-3-1-2-4-16(15)25-22(18)19-17(26-20)10-7-13-11-24-27-21(13)19/h1-11,18,20,22,25-26H,(H,24,27)/t18-,20-,22-/m0/s1. The van der Waals surface area contributed by atoms with Gasteiger partial charge in [0.15, 0.2) is 0 Å². The smallest absolute Gasteiger partial charge is 0.0723 e. The molecule has 4 aromatic rings. The predicted octanol–water partition coefficient (Wildman–Crippen LogP) is 5.63. The molecule has 27 heavy (non-hydrogen) atoms. The number of nitrogens with zero attached hydrogens (tertiary/aromatic N) is 1. The van der Waals surface area contributed by atoms with Crippen LogP contribution in [0.3, 0.4) is 0 Å². The Hall–Kier alpha value is -2.98. The third-order valence-electron chi connectivity index (χ3n) is 5.86. The lowest BCUT2D eigenvalue weighted by molar-refractivity contribution is 0.522. The highest BCUT2D eigenvalue weighted by molar-refractivity contribution is 6.30. The van der Waals surface area contributed by atoms with Crippen LogP contribution in [0.2, 0.25) is 5.02 Å². The van der Waals surface area contributed by atoms with Crippen molar-refractivity contribution in [3.05, 3.63) is 88.6 Å². The molecule has 0 spiro atoms. The number of anilines is 2. The molecule has 0 bridgehead atoms. The van der Waals surface area contributed by atoms with Gasteiger partial charge in [-0.3, -0.25) is 5.10 Å². The van der Waals surface area contributed by atoms with Gasteiger partial charge in [-0.15, -0.1) is 0 Å². The summed E-state index contributed by atoms with van der Waals surface area (Å²) in [5, 5.41) is 16.9. The van der Waals surface area contributed by atoms with E-state index in [9.17, 15) is 0 Å². The molecule has 2 aliphatic rings. The zero-order valence-corrected chi connectivity index (χ0v) is 15.2. The minimum Gasteiger partial charge on any atom is -0.377 e. The Bertz CT molecular complexity index is 1160. The van der Waals surface area contributed by atoms with Crippen LogP contribution in [-0.2, 0) is 0 Å². The van der Waals surface area contributed by atoms with Crippen molar-refractivity contribution in [2.75, 3.05) is 10.6 Å². The maximum absolute atomic E-state index is 6.13. The molecule has 0 aliphatic carbocycles. The summed E-state index contributed by atoms with van der Waals surface area (Å²) in [6.45, 7) is 0. The molecule has 0 unspecified atom stereocenters. The Labute approximate surface area is 161 Å². The van der Waals surface area contributed by atoms with Gasteiger partial charge in [0.1, 0.15) is 0 Å². The molecule has 2 aliphatic heterocycles. The Morgan fingerprint density at radius 3 is 2.52 bits per heavy atom. The maximum Gasteiger partial charge on any atom is 0.0723 e. The number of fused-ring (bicyclic) bond motifs is 7. The van der Waals surface area contributed by atoms with Gasteiger partial charge in [0, 0.05) is 33.3 Å². The summed E-state index contributed by atoms with van der Waals surface area (Å²) in [6.07, 6.45) is 1.89. The number of benzene rings is 3. The van der Waals surface area contributed by atoms with Crippen LogP contribution in [0, 0.1) is 0 Å². The minimum atomic E-state index is 0.163. The van der Waals surface area contributed by atoms with Crippen LogP contribution in [0.15, 0.2) is 66.9 Å². The first kappa shape index (κ1) is 15.1. The zero-order chi connectivity index (χ0) is 18.0. The molecule has 3 heterocycles. The summed E-state index contributed by atoms with van der Waals surface area (Å²) >= 11 is 6.13. The monoisotopic (exact) mass is 372 g/mol. The van der Waals surface area contributed by atoms with E-state index in [2.05, 4.69) is 69.4 Å². The average Bonchev–Trinajstić information content (AvgIpc) is 3.32. The zero-order valence-electron chi connectivity index (χ0n) is 14.4. The number of hydrogen-bond donors (Lipinski definition) is 3. The number of rotatable bonds is 1. The van der Waals surface area contributed by atoms with E-state index in [0.29, 0.717) is 0 Å². The average molecular weight is 373 g/mol. The molecule has 0 fully saturated rings. The summed E-state index contributed by atoms with van der Waals surface area (Å²) in [7, 11) is 0. The SMILES string of the molecule is Clc1ccc([C@@H]2Nc3ccc4cn[nH]c4c3[C@H]3Nc4ccccc4[C@H]32)cc1. The van der Waals surface area contributed by atoms with Gasteiger partial charge in [0.25, 0.3) is 0 Å². The second-order valence-electron chi connectivity index (χ2n) is 7.27. The van der Waals surface area contributed by atoms with Crippen molar-refractivity contribution < 1.29 is 0 Å². The van der Waals surface area contributed by atoms with Crippen LogP contribution in [0.5, 0.6) is 0 Å². The van der Waals surface area contributed by atoms with Crippen molar-refractivity contribution in [1.82, 2.24) is 10.2 Å². The molecule has 132 valence electrons. The van der Waals surface area contributed by atoms with Crippen molar-refractivity contribution in [2.24, 2.45) is 0 Å². The highest BCUT2D eigenvalue weighted by Gasteiger charge is 2.44. The number of aromatic nitrogens is 2. The van der Waals surface area contributed by atoms with Crippen molar-refractivity contribution in [1.29, 1.82) is 0 Å². The predicted molar refractivity (Wildman–Crippen MR) is 109 cm³/mol. The molecular weight excluding hydrogens is 356 g/mol. The number of nitrogens with one attached hydrogen (secondary N) is 3. The summed E-state index contributed by atoms with van der Waals surface area (Å²) in [4.78, 5) is 0. The number of hydrogen-bond acceptors (Lipinski definition) is 3. The first-order valence-corrected chi connectivity index (χ1v) is 9.51. The number of aromatic amines is 1. The molecule has 0 saturated carbocycles. The first-order chi connectivity index (χ1) is 13.3. The normalized spacial score (nSPS) is 22.5. The van der Waals surface area contributed by atoms with Crippen LogP contribution in [-0.4, -0.2) is 10.2 Å². The molecule has 4 nitrogen and oxygen atoms in total. The fourth-order valence-corrected chi connectivity index (χ4v) is 4.81. The minimum absolute atomic E-state index is 0.163. The van der Waals surface area contributed by atoms with Crippen LogP contribution in [0.25, 0.3) is 10.9 Å². The van der Waals surface area contributed by atoms with Gasteiger partial charge in [-0.2, -0.15) is 5.10 Å². The molecular formula is C22H17ClN4. The van der Waals surface area contributed by atoms with Crippen LogP contribution < -0.4 is 10.6 Å². The fraction of sp³-hybridized carbons (Fsp3) is 0.136. The number of para-hydroxylation sites is 1. The molecule has 0 amide bonds. The second-order valence-corrected chi connectivity index (χ2v) is 7.71. The maximum atomic E-state index is 6.13.